The van der Waals surface area contributed by atoms with Crippen LogP contribution in [0.1, 0.15) is 23.7 Å². The molecule has 0 aromatic heterocycles. The number of amides is 1. The van der Waals surface area contributed by atoms with Gasteiger partial charge in [0.05, 0.1) is 5.56 Å². The van der Waals surface area contributed by atoms with Crippen LogP contribution in [-0.2, 0) is 10.8 Å². The lowest BCUT2D eigenvalue weighted by Gasteiger charge is -2.10. The molecular formula is C12H15BrINO2S. The van der Waals surface area contributed by atoms with Crippen LogP contribution in [0.2, 0.25) is 0 Å². The summed E-state index contributed by atoms with van der Waals surface area (Å²) >= 11 is 5.53. The van der Waals surface area contributed by atoms with Gasteiger partial charge in [-0.15, -0.1) is 0 Å². The number of nitrogens with one attached hydrogen (secondary N) is 1. The lowest BCUT2D eigenvalue weighted by molar-refractivity contribution is 0.0952. The average molecular weight is 444 g/mol. The van der Waals surface area contributed by atoms with Crippen molar-refractivity contribution in [2.45, 2.75) is 18.6 Å². The Kier molecular flexibility index (Phi) is 6.79. The van der Waals surface area contributed by atoms with E-state index in [1.165, 1.54) is 0 Å². The van der Waals surface area contributed by atoms with Crippen LogP contribution in [0.15, 0.2) is 22.7 Å². The monoisotopic (exact) mass is 443 g/mol. The van der Waals surface area contributed by atoms with Gasteiger partial charge in [-0.3, -0.25) is 9.00 Å². The van der Waals surface area contributed by atoms with Crippen molar-refractivity contribution in [1.29, 1.82) is 0 Å². The summed E-state index contributed by atoms with van der Waals surface area (Å²) in [5.41, 5.74) is 0.632. The van der Waals surface area contributed by atoms with Crippen molar-refractivity contribution in [3.63, 3.8) is 0 Å². The molecule has 6 heteroatoms. The molecule has 2 unspecified atom stereocenters. The van der Waals surface area contributed by atoms with E-state index in [0.29, 0.717) is 12.1 Å². The third kappa shape index (κ3) is 4.97. The molecular weight excluding hydrogens is 429 g/mol. The Morgan fingerprint density at radius 2 is 2.22 bits per heavy atom. The molecule has 0 bridgehead atoms. The first-order valence-corrected chi connectivity index (χ1v) is 8.96. The molecule has 1 aromatic carbocycles. The van der Waals surface area contributed by atoms with Crippen molar-refractivity contribution in [3.8, 4) is 0 Å². The Bertz CT molecular complexity index is 467. The minimum Gasteiger partial charge on any atom is -0.352 e. The quantitative estimate of drug-likeness (QED) is 0.711. The summed E-state index contributed by atoms with van der Waals surface area (Å²) in [6, 6.07) is 5.63. The molecule has 1 rings (SSSR count). The highest BCUT2D eigenvalue weighted by molar-refractivity contribution is 14.1. The van der Waals surface area contributed by atoms with Gasteiger partial charge in [0.2, 0.25) is 0 Å². The topological polar surface area (TPSA) is 46.2 Å². The largest absolute Gasteiger partial charge is 0.352 e. The average Bonchev–Trinajstić information content (AvgIpc) is 2.31. The smallest absolute Gasteiger partial charge is 0.252 e. The Morgan fingerprint density at radius 3 is 2.83 bits per heavy atom. The lowest BCUT2D eigenvalue weighted by atomic mass is 10.2. The van der Waals surface area contributed by atoms with Crippen LogP contribution in [-0.4, -0.2) is 28.2 Å². The zero-order chi connectivity index (χ0) is 13.7. The summed E-state index contributed by atoms with van der Waals surface area (Å²) in [6.07, 6.45) is 2.40. The maximum atomic E-state index is 11.9. The van der Waals surface area contributed by atoms with E-state index in [2.05, 4.69) is 43.8 Å². The van der Waals surface area contributed by atoms with Crippen molar-refractivity contribution in [1.82, 2.24) is 5.32 Å². The van der Waals surface area contributed by atoms with Gasteiger partial charge in [-0.1, -0.05) is 6.92 Å². The third-order valence-corrected chi connectivity index (χ3v) is 5.31. The highest BCUT2D eigenvalue weighted by atomic mass is 127. The molecule has 0 fully saturated rings. The molecule has 0 radical (unpaired) electrons. The van der Waals surface area contributed by atoms with Crippen LogP contribution < -0.4 is 5.32 Å². The zero-order valence-electron chi connectivity index (χ0n) is 10.2. The van der Waals surface area contributed by atoms with Gasteiger partial charge in [-0.25, -0.2) is 0 Å². The Balaban J connectivity index is 2.55. The van der Waals surface area contributed by atoms with Crippen LogP contribution in [0.25, 0.3) is 0 Å². The van der Waals surface area contributed by atoms with E-state index >= 15 is 0 Å². The van der Waals surface area contributed by atoms with Gasteiger partial charge >= 0.3 is 0 Å². The molecule has 0 heterocycles. The first-order chi connectivity index (χ1) is 8.41. The van der Waals surface area contributed by atoms with Gasteiger partial charge in [-0.05, 0) is 63.1 Å². The Morgan fingerprint density at radius 1 is 1.56 bits per heavy atom. The molecule has 18 heavy (non-hydrogen) atoms. The lowest BCUT2D eigenvalue weighted by Crippen LogP contribution is -2.27. The molecule has 0 spiro atoms. The van der Waals surface area contributed by atoms with Gasteiger partial charge in [-0.2, -0.15) is 0 Å². The fourth-order valence-corrected chi connectivity index (χ4v) is 2.69. The Hall–Kier alpha value is 0.0500. The summed E-state index contributed by atoms with van der Waals surface area (Å²) in [4.78, 5) is 11.9. The van der Waals surface area contributed by atoms with Crippen molar-refractivity contribution in [2.24, 2.45) is 0 Å². The summed E-state index contributed by atoms with van der Waals surface area (Å²) < 4.78 is 13.0. The number of rotatable bonds is 5. The normalized spacial score (nSPS) is 14.0. The van der Waals surface area contributed by atoms with Crippen LogP contribution in [0.3, 0.4) is 0 Å². The second-order valence-corrected chi connectivity index (χ2v) is 7.88. The highest BCUT2D eigenvalue weighted by Crippen LogP contribution is 2.19. The summed E-state index contributed by atoms with van der Waals surface area (Å²) in [5.74, 6) is -0.102. The molecule has 1 N–H and O–H groups in total. The number of benzene rings is 1. The van der Waals surface area contributed by atoms with Crippen LogP contribution >= 0.6 is 38.5 Å². The van der Waals surface area contributed by atoms with Gasteiger partial charge in [0.1, 0.15) is 0 Å². The molecule has 0 aliphatic rings. The predicted molar refractivity (Wildman–Crippen MR) is 87.3 cm³/mol. The maximum Gasteiger partial charge on any atom is 0.252 e. The van der Waals surface area contributed by atoms with E-state index in [1.54, 1.807) is 6.26 Å². The minimum absolute atomic E-state index is 0.102. The number of halogens is 2. The second kappa shape index (κ2) is 7.59. The van der Waals surface area contributed by atoms with Gasteiger partial charge < -0.3 is 5.32 Å². The standard InChI is InChI=1S/C12H15BrINO2S/c1-8(18(2)17)5-6-15-12(16)10-7-9(14)3-4-11(10)13/h3-4,7-8H,5-6H2,1-2H3,(H,15,16). The van der Waals surface area contributed by atoms with E-state index in [0.717, 1.165) is 14.5 Å². The molecule has 2 atom stereocenters. The van der Waals surface area contributed by atoms with E-state index in [1.807, 2.05) is 25.1 Å². The van der Waals surface area contributed by atoms with Crippen LogP contribution in [0.5, 0.6) is 0 Å². The summed E-state index contributed by atoms with van der Waals surface area (Å²) in [5, 5.41) is 2.95. The molecule has 0 saturated carbocycles. The minimum atomic E-state index is -0.839. The van der Waals surface area contributed by atoms with Crippen molar-refractivity contribution < 1.29 is 9.00 Å². The first kappa shape index (κ1) is 16.1. The predicted octanol–water partition coefficient (Wildman–Crippen LogP) is 2.94. The van der Waals surface area contributed by atoms with Crippen molar-refractivity contribution in [3.05, 3.63) is 31.8 Å². The second-order valence-electron chi connectivity index (χ2n) is 3.98. The van der Waals surface area contributed by atoms with Crippen LogP contribution in [0, 0.1) is 3.57 Å². The van der Waals surface area contributed by atoms with E-state index < -0.39 is 10.8 Å². The fourth-order valence-electron chi connectivity index (χ4n) is 1.32. The molecule has 1 aromatic rings. The highest BCUT2D eigenvalue weighted by Gasteiger charge is 2.11. The van der Waals surface area contributed by atoms with E-state index in [-0.39, 0.29) is 11.2 Å². The number of hydrogen-bond donors (Lipinski definition) is 1. The Labute approximate surface area is 132 Å². The molecule has 1 amide bonds. The zero-order valence-corrected chi connectivity index (χ0v) is 14.8. The molecule has 3 nitrogen and oxygen atoms in total. The molecule has 0 aliphatic heterocycles. The number of carbonyl (C=O) groups is 1. The number of hydrogen-bond acceptors (Lipinski definition) is 2. The fraction of sp³-hybridized carbons (Fsp3) is 0.417. The number of carbonyl (C=O) groups excluding carboxylic acids is 1. The van der Waals surface area contributed by atoms with Gasteiger partial charge in [0.25, 0.3) is 5.91 Å². The SMILES string of the molecule is CC(CCNC(=O)c1cc(I)ccc1Br)S(C)=O. The van der Waals surface area contributed by atoms with Gasteiger partial charge in [0.15, 0.2) is 0 Å². The summed E-state index contributed by atoms with van der Waals surface area (Å²) in [7, 11) is -0.839. The van der Waals surface area contributed by atoms with E-state index in [4.69, 9.17) is 0 Å². The van der Waals surface area contributed by atoms with Crippen molar-refractivity contribution in [2.75, 3.05) is 12.8 Å². The molecule has 100 valence electrons. The van der Waals surface area contributed by atoms with Crippen LogP contribution in [0.4, 0.5) is 0 Å². The van der Waals surface area contributed by atoms with E-state index in [9.17, 15) is 9.00 Å². The third-order valence-electron chi connectivity index (χ3n) is 2.58. The maximum absolute atomic E-state index is 11.9. The molecule has 0 saturated heterocycles. The van der Waals surface area contributed by atoms with Crippen molar-refractivity contribution >= 4 is 55.2 Å². The summed E-state index contributed by atoms with van der Waals surface area (Å²) in [6.45, 7) is 2.46. The van der Waals surface area contributed by atoms with Gasteiger partial charge in [0, 0.05) is 36.9 Å². The first-order valence-electron chi connectivity index (χ1n) is 5.47. The molecule has 0 aliphatic carbocycles.